The van der Waals surface area contributed by atoms with Crippen molar-refractivity contribution in [1.82, 2.24) is 4.90 Å². The Morgan fingerprint density at radius 1 is 1.06 bits per heavy atom. The van der Waals surface area contributed by atoms with Crippen LogP contribution in [0.5, 0.6) is 5.75 Å². The molecule has 1 unspecified atom stereocenters. The maximum absolute atomic E-state index is 13.1. The first kappa shape index (κ1) is 21.4. The number of carbonyl (C=O) groups is 2. The number of ketones is 1. The first-order valence-corrected chi connectivity index (χ1v) is 10.7. The summed E-state index contributed by atoms with van der Waals surface area (Å²) in [5.41, 5.74) is 1.31. The number of nitrogens with zero attached hydrogens (tertiary/aromatic N) is 1. The Labute approximate surface area is 187 Å². The Hall–Kier alpha value is -3.86. The molecule has 1 amide bonds. The average Bonchev–Trinajstić information content (AvgIpc) is 3.07. The molecule has 1 atom stereocenters. The highest BCUT2D eigenvalue weighted by molar-refractivity contribution is 6.46. The van der Waals surface area contributed by atoms with Gasteiger partial charge in [-0.1, -0.05) is 68.1 Å². The van der Waals surface area contributed by atoms with Gasteiger partial charge in [0.15, 0.2) is 0 Å². The molecule has 0 aromatic heterocycles. The van der Waals surface area contributed by atoms with E-state index in [4.69, 9.17) is 4.74 Å². The van der Waals surface area contributed by atoms with Crippen LogP contribution in [-0.4, -0.2) is 34.8 Å². The first-order valence-electron chi connectivity index (χ1n) is 10.7. The van der Waals surface area contributed by atoms with Crippen LogP contribution in [0.3, 0.4) is 0 Å². The van der Waals surface area contributed by atoms with E-state index in [0.717, 1.165) is 10.8 Å². The van der Waals surface area contributed by atoms with Crippen molar-refractivity contribution >= 4 is 28.2 Å². The number of rotatable bonds is 7. The standard InChI is InChI=1S/C27H25NO4/c1-3-14-28-24(20-10-7-11-22(17-20)32-15-4-2)23(26(30)27(28)31)25(29)21-13-12-18-8-5-6-9-19(18)16-21/h4-13,16-17,24,29H,2-3,14-15H2,1H3/b25-23-. The molecule has 0 spiro atoms. The van der Waals surface area contributed by atoms with Crippen LogP contribution in [0.1, 0.15) is 30.5 Å². The summed E-state index contributed by atoms with van der Waals surface area (Å²) in [6.07, 6.45) is 2.34. The van der Waals surface area contributed by atoms with Crippen molar-refractivity contribution in [1.29, 1.82) is 0 Å². The lowest BCUT2D eigenvalue weighted by atomic mass is 9.94. The third-order valence-corrected chi connectivity index (χ3v) is 5.57. The van der Waals surface area contributed by atoms with Crippen molar-refractivity contribution in [3.63, 3.8) is 0 Å². The van der Waals surface area contributed by atoms with Crippen molar-refractivity contribution in [2.75, 3.05) is 13.2 Å². The summed E-state index contributed by atoms with van der Waals surface area (Å²) in [7, 11) is 0. The van der Waals surface area contributed by atoms with Crippen molar-refractivity contribution in [2.45, 2.75) is 19.4 Å². The predicted octanol–water partition coefficient (Wildman–Crippen LogP) is 5.24. The smallest absolute Gasteiger partial charge is 0.295 e. The highest BCUT2D eigenvalue weighted by atomic mass is 16.5. The van der Waals surface area contributed by atoms with Crippen LogP contribution in [0.2, 0.25) is 0 Å². The molecule has 1 aliphatic rings. The Balaban J connectivity index is 1.86. The largest absolute Gasteiger partial charge is 0.507 e. The third-order valence-electron chi connectivity index (χ3n) is 5.57. The fraction of sp³-hybridized carbons (Fsp3) is 0.185. The normalized spacial score (nSPS) is 17.7. The molecule has 1 saturated heterocycles. The van der Waals surface area contributed by atoms with E-state index in [1.165, 1.54) is 4.90 Å². The van der Waals surface area contributed by atoms with Gasteiger partial charge in [0.2, 0.25) is 0 Å². The second-order valence-corrected chi connectivity index (χ2v) is 7.73. The van der Waals surface area contributed by atoms with E-state index in [9.17, 15) is 14.7 Å². The van der Waals surface area contributed by atoms with Crippen molar-refractivity contribution < 1.29 is 19.4 Å². The van der Waals surface area contributed by atoms with E-state index < -0.39 is 17.7 Å². The molecule has 0 saturated carbocycles. The van der Waals surface area contributed by atoms with Gasteiger partial charge in [-0.25, -0.2) is 0 Å². The fourth-order valence-electron chi connectivity index (χ4n) is 4.12. The van der Waals surface area contributed by atoms with Crippen LogP contribution in [0.25, 0.3) is 16.5 Å². The van der Waals surface area contributed by atoms with Gasteiger partial charge >= 0.3 is 0 Å². The number of Topliss-reactive ketones (excluding diaryl/α,β-unsaturated/α-hetero) is 1. The lowest BCUT2D eigenvalue weighted by Gasteiger charge is -2.25. The molecule has 162 valence electrons. The van der Waals surface area contributed by atoms with Crippen LogP contribution in [0.4, 0.5) is 0 Å². The minimum atomic E-state index is -0.686. The molecular formula is C27H25NO4. The van der Waals surface area contributed by atoms with Gasteiger partial charge in [-0.3, -0.25) is 9.59 Å². The highest BCUT2D eigenvalue weighted by Gasteiger charge is 2.45. The molecular weight excluding hydrogens is 402 g/mol. The summed E-state index contributed by atoms with van der Waals surface area (Å²) in [4.78, 5) is 27.5. The van der Waals surface area contributed by atoms with Crippen molar-refractivity contribution in [2.24, 2.45) is 0 Å². The summed E-state index contributed by atoms with van der Waals surface area (Å²) < 4.78 is 5.65. The van der Waals surface area contributed by atoms with Gasteiger partial charge in [-0.05, 0) is 41.0 Å². The van der Waals surface area contributed by atoms with Crippen LogP contribution >= 0.6 is 0 Å². The van der Waals surface area contributed by atoms with Crippen LogP contribution in [0, 0.1) is 0 Å². The molecule has 4 rings (SSSR count). The number of aliphatic hydroxyl groups excluding tert-OH is 1. The summed E-state index contributed by atoms with van der Waals surface area (Å²) in [5.74, 6) is -0.839. The van der Waals surface area contributed by atoms with E-state index in [1.807, 2.05) is 61.5 Å². The zero-order valence-corrected chi connectivity index (χ0v) is 18.0. The van der Waals surface area contributed by atoms with E-state index in [1.54, 1.807) is 18.2 Å². The minimum Gasteiger partial charge on any atom is -0.507 e. The van der Waals surface area contributed by atoms with Gasteiger partial charge in [0, 0.05) is 12.1 Å². The number of carbonyl (C=O) groups excluding carboxylic acids is 2. The molecule has 32 heavy (non-hydrogen) atoms. The minimum absolute atomic E-state index is 0.0969. The summed E-state index contributed by atoms with van der Waals surface area (Å²) in [5, 5.41) is 13.2. The van der Waals surface area contributed by atoms with Gasteiger partial charge in [0.1, 0.15) is 18.1 Å². The Morgan fingerprint density at radius 3 is 2.59 bits per heavy atom. The molecule has 3 aromatic rings. The second-order valence-electron chi connectivity index (χ2n) is 7.73. The summed E-state index contributed by atoms with van der Waals surface area (Å²) >= 11 is 0. The molecule has 5 nitrogen and oxygen atoms in total. The number of likely N-dealkylation sites (tertiary alicyclic amines) is 1. The van der Waals surface area contributed by atoms with Crippen LogP contribution in [-0.2, 0) is 9.59 Å². The maximum Gasteiger partial charge on any atom is 0.295 e. The molecule has 0 aliphatic carbocycles. The van der Waals surface area contributed by atoms with Gasteiger partial charge in [-0.2, -0.15) is 0 Å². The zero-order chi connectivity index (χ0) is 22.7. The second kappa shape index (κ2) is 9.10. The number of benzene rings is 3. The topological polar surface area (TPSA) is 66.8 Å². The Kier molecular flexibility index (Phi) is 6.08. The number of fused-ring (bicyclic) bond motifs is 1. The highest BCUT2D eigenvalue weighted by Crippen LogP contribution is 2.40. The molecule has 0 bridgehead atoms. The molecule has 1 aliphatic heterocycles. The lowest BCUT2D eigenvalue weighted by molar-refractivity contribution is -0.139. The number of hydrogen-bond acceptors (Lipinski definition) is 4. The summed E-state index contributed by atoms with van der Waals surface area (Å²) in [6.45, 7) is 6.35. The monoisotopic (exact) mass is 427 g/mol. The van der Waals surface area contributed by atoms with Gasteiger partial charge in [-0.15, -0.1) is 0 Å². The van der Waals surface area contributed by atoms with Crippen LogP contribution < -0.4 is 4.74 Å². The molecule has 0 radical (unpaired) electrons. The van der Waals surface area contributed by atoms with Gasteiger partial charge in [0.25, 0.3) is 11.7 Å². The first-order chi connectivity index (χ1) is 15.5. The van der Waals surface area contributed by atoms with E-state index in [-0.39, 0.29) is 11.3 Å². The number of ether oxygens (including phenoxy) is 1. The average molecular weight is 428 g/mol. The Morgan fingerprint density at radius 2 is 1.84 bits per heavy atom. The fourth-order valence-corrected chi connectivity index (χ4v) is 4.12. The molecule has 1 heterocycles. The van der Waals surface area contributed by atoms with Crippen molar-refractivity contribution in [3.05, 3.63) is 96.1 Å². The number of aliphatic hydroxyl groups is 1. The van der Waals surface area contributed by atoms with Gasteiger partial charge in [0.05, 0.1) is 11.6 Å². The number of hydrogen-bond donors (Lipinski definition) is 1. The van der Waals surface area contributed by atoms with E-state index in [2.05, 4.69) is 6.58 Å². The predicted molar refractivity (Wildman–Crippen MR) is 125 cm³/mol. The van der Waals surface area contributed by atoms with Crippen molar-refractivity contribution in [3.8, 4) is 5.75 Å². The SMILES string of the molecule is C=CCOc1cccc(C2/C(=C(/O)c3ccc4ccccc4c3)C(=O)C(=O)N2CCC)c1. The quantitative estimate of drug-likeness (QED) is 0.242. The zero-order valence-electron chi connectivity index (χ0n) is 18.0. The third kappa shape index (κ3) is 3.89. The lowest BCUT2D eigenvalue weighted by Crippen LogP contribution is -2.30. The van der Waals surface area contributed by atoms with E-state index in [0.29, 0.717) is 36.4 Å². The molecule has 1 N–H and O–H groups in total. The van der Waals surface area contributed by atoms with E-state index >= 15 is 0 Å². The molecule has 1 fully saturated rings. The molecule has 5 heteroatoms. The molecule has 3 aromatic carbocycles. The Bertz CT molecular complexity index is 1230. The maximum atomic E-state index is 13.1. The van der Waals surface area contributed by atoms with Crippen LogP contribution in [0.15, 0.2) is 85.0 Å². The summed E-state index contributed by atoms with van der Waals surface area (Å²) in [6, 6.07) is 19.9. The number of amides is 1. The van der Waals surface area contributed by atoms with Gasteiger partial charge < -0.3 is 14.7 Å².